The van der Waals surface area contributed by atoms with Gasteiger partial charge in [0.25, 0.3) is 0 Å². The fourth-order valence-electron chi connectivity index (χ4n) is 2.79. The number of esters is 1. The van der Waals surface area contributed by atoms with Gasteiger partial charge in [-0.15, -0.1) is 0 Å². The van der Waals surface area contributed by atoms with Gasteiger partial charge in [-0.3, -0.25) is 0 Å². The highest BCUT2D eigenvalue weighted by Crippen LogP contribution is 2.34. The number of nitrogens with one attached hydrogen (secondary N) is 1. The van der Waals surface area contributed by atoms with Gasteiger partial charge in [0.1, 0.15) is 0 Å². The first-order valence-electron chi connectivity index (χ1n) is 7.36. The number of carbonyl (C=O) groups excluding carboxylic acids is 1. The molecule has 0 aliphatic heterocycles. The molecule has 0 heterocycles. The summed E-state index contributed by atoms with van der Waals surface area (Å²) in [7, 11) is 0. The van der Waals surface area contributed by atoms with Gasteiger partial charge in [-0.25, -0.2) is 4.79 Å². The van der Waals surface area contributed by atoms with Crippen LogP contribution in [-0.4, -0.2) is 18.6 Å². The predicted octanol–water partition coefficient (Wildman–Crippen LogP) is 3.29. The Kier molecular flexibility index (Phi) is 4.53. The minimum absolute atomic E-state index is 0.302. The van der Waals surface area contributed by atoms with Crippen molar-refractivity contribution in [1.82, 2.24) is 0 Å². The van der Waals surface area contributed by atoms with E-state index in [0.29, 0.717) is 29.8 Å². The molecule has 3 N–H and O–H groups in total. The Labute approximate surface area is 120 Å². The largest absolute Gasteiger partial charge is 0.462 e. The topological polar surface area (TPSA) is 64.3 Å². The number of rotatable bonds is 4. The number of nitrogen functional groups attached to an aromatic ring is 1. The molecule has 3 unspecified atom stereocenters. The molecule has 1 aliphatic carbocycles. The first-order valence-corrected chi connectivity index (χ1v) is 7.36. The zero-order valence-electron chi connectivity index (χ0n) is 12.5. The van der Waals surface area contributed by atoms with Crippen LogP contribution in [0.4, 0.5) is 11.4 Å². The van der Waals surface area contributed by atoms with Gasteiger partial charge >= 0.3 is 5.97 Å². The van der Waals surface area contributed by atoms with Gasteiger partial charge < -0.3 is 15.8 Å². The van der Waals surface area contributed by atoms with Crippen LogP contribution in [0, 0.1) is 11.8 Å². The average Bonchev–Trinajstić information content (AvgIpc) is 2.73. The molecule has 2 rings (SSSR count). The van der Waals surface area contributed by atoms with Gasteiger partial charge in [-0.2, -0.15) is 0 Å². The maximum Gasteiger partial charge on any atom is 0.338 e. The summed E-state index contributed by atoms with van der Waals surface area (Å²) in [5.41, 5.74) is 8.06. The van der Waals surface area contributed by atoms with Crippen molar-refractivity contribution in [3.05, 3.63) is 23.8 Å². The van der Waals surface area contributed by atoms with Crippen molar-refractivity contribution in [2.24, 2.45) is 11.8 Å². The predicted molar refractivity (Wildman–Crippen MR) is 81.8 cm³/mol. The van der Waals surface area contributed by atoms with Gasteiger partial charge in [0.05, 0.1) is 23.5 Å². The third kappa shape index (κ3) is 3.06. The molecular formula is C16H24N2O2. The molecule has 1 saturated carbocycles. The Hall–Kier alpha value is -1.71. The molecular weight excluding hydrogens is 252 g/mol. The monoisotopic (exact) mass is 276 g/mol. The van der Waals surface area contributed by atoms with Crippen molar-refractivity contribution in [1.29, 1.82) is 0 Å². The van der Waals surface area contributed by atoms with E-state index in [9.17, 15) is 4.79 Å². The van der Waals surface area contributed by atoms with Crippen molar-refractivity contribution in [3.8, 4) is 0 Å². The Morgan fingerprint density at radius 2 is 2.15 bits per heavy atom. The third-order valence-electron chi connectivity index (χ3n) is 4.37. The van der Waals surface area contributed by atoms with Crippen molar-refractivity contribution in [3.63, 3.8) is 0 Å². The summed E-state index contributed by atoms with van der Waals surface area (Å²) < 4.78 is 5.02. The summed E-state index contributed by atoms with van der Waals surface area (Å²) in [5.74, 6) is 1.03. The van der Waals surface area contributed by atoms with Gasteiger partial charge in [-0.1, -0.05) is 13.8 Å². The van der Waals surface area contributed by atoms with Crippen LogP contribution in [0.5, 0.6) is 0 Å². The number of hydrogen-bond acceptors (Lipinski definition) is 4. The maximum atomic E-state index is 11.8. The molecule has 1 fully saturated rings. The number of nitrogens with two attached hydrogens (primary N) is 1. The Morgan fingerprint density at radius 3 is 2.75 bits per heavy atom. The molecule has 4 nitrogen and oxygen atoms in total. The Bertz CT molecular complexity index is 487. The maximum absolute atomic E-state index is 11.8. The Morgan fingerprint density at radius 1 is 1.40 bits per heavy atom. The number of carbonyl (C=O) groups is 1. The lowest BCUT2D eigenvalue weighted by Gasteiger charge is -2.22. The van der Waals surface area contributed by atoms with E-state index in [-0.39, 0.29) is 5.97 Å². The van der Waals surface area contributed by atoms with Crippen molar-refractivity contribution in [2.45, 2.75) is 39.7 Å². The molecule has 0 radical (unpaired) electrons. The fourth-order valence-corrected chi connectivity index (χ4v) is 2.79. The molecule has 0 saturated heterocycles. The van der Waals surface area contributed by atoms with Gasteiger partial charge in [0.2, 0.25) is 0 Å². The second-order valence-electron chi connectivity index (χ2n) is 5.69. The number of hydrogen-bond donors (Lipinski definition) is 2. The number of benzene rings is 1. The van der Waals surface area contributed by atoms with Crippen LogP contribution in [0.3, 0.4) is 0 Å². The average molecular weight is 276 g/mol. The summed E-state index contributed by atoms with van der Waals surface area (Å²) in [6, 6.07) is 5.68. The lowest BCUT2D eigenvalue weighted by Crippen LogP contribution is -2.24. The van der Waals surface area contributed by atoms with Gasteiger partial charge in [0.15, 0.2) is 0 Å². The van der Waals surface area contributed by atoms with Crippen molar-refractivity contribution >= 4 is 17.3 Å². The van der Waals surface area contributed by atoms with E-state index in [2.05, 4.69) is 19.2 Å². The molecule has 0 amide bonds. The summed E-state index contributed by atoms with van der Waals surface area (Å²) in [6.07, 6.45) is 2.38. The molecule has 110 valence electrons. The quantitative estimate of drug-likeness (QED) is 0.654. The highest BCUT2D eigenvalue weighted by molar-refractivity contribution is 5.92. The van der Waals surface area contributed by atoms with Crippen LogP contribution in [0.2, 0.25) is 0 Å². The van der Waals surface area contributed by atoms with E-state index >= 15 is 0 Å². The van der Waals surface area contributed by atoms with E-state index in [4.69, 9.17) is 10.5 Å². The van der Waals surface area contributed by atoms with Crippen molar-refractivity contribution < 1.29 is 9.53 Å². The second kappa shape index (κ2) is 6.16. The van der Waals surface area contributed by atoms with Crippen LogP contribution >= 0.6 is 0 Å². The fraction of sp³-hybridized carbons (Fsp3) is 0.562. The summed E-state index contributed by atoms with van der Waals surface area (Å²) in [5, 5.41) is 3.49. The minimum atomic E-state index is -0.302. The smallest absolute Gasteiger partial charge is 0.338 e. The molecule has 3 atom stereocenters. The zero-order chi connectivity index (χ0) is 14.7. The highest BCUT2D eigenvalue weighted by Gasteiger charge is 2.29. The molecule has 1 aliphatic rings. The van der Waals surface area contributed by atoms with Gasteiger partial charge in [0, 0.05) is 6.04 Å². The summed E-state index contributed by atoms with van der Waals surface area (Å²) in [6.45, 7) is 6.73. The zero-order valence-corrected chi connectivity index (χ0v) is 12.5. The Balaban J connectivity index is 2.15. The molecule has 20 heavy (non-hydrogen) atoms. The summed E-state index contributed by atoms with van der Waals surface area (Å²) in [4.78, 5) is 11.8. The van der Waals surface area contributed by atoms with E-state index in [1.54, 1.807) is 25.1 Å². The normalized spacial score (nSPS) is 25.4. The van der Waals surface area contributed by atoms with Crippen LogP contribution in [0.25, 0.3) is 0 Å². The third-order valence-corrected chi connectivity index (χ3v) is 4.37. The number of ether oxygens (including phenoxy) is 1. The standard InChI is InChI=1S/C16H24N2O2/c1-4-20-16(19)12-6-7-13(17)15(9-12)18-14-8-5-10(2)11(14)3/h6-7,9-11,14,18H,4-5,8,17H2,1-3H3. The van der Waals surface area contributed by atoms with Crippen LogP contribution < -0.4 is 11.1 Å². The molecule has 1 aromatic rings. The van der Waals surface area contributed by atoms with E-state index in [1.165, 1.54) is 6.42 Å². The lowest BCUT2D eigenvalue weighted by molar-refractivity contribution is 0.0526. The van der Waals surface area contributed by atoms with E-state index in [1.807, 2.05) is 0 Å². The second-order valence-corrected chi connectivity index (χ2v) is 5.69. The molecule has 0 spiro atoms. The van der Waals surface area contributed by atoms with Crippen LogP contribution in [0.1, 0.15) is 44.0 Å². The first kappa shape index (κ1) is 14.7. The molecule has 4 heteroatoms. The lowest BCUT2D eigenvalue weighted by atomic mass is 9.97. The molecule has 0 aromatic heterocycles. The van der Waals surface area contributed by atoms with Crippen LogP contribution in [0.15, 0.2) is 18.2 Å². The van der Waals surface area contributed by atoms with Crippen LogP contribution in [-0.2, 0) is 4.74 Å². The van der Waals surface area contributed by atoms with E-state index < -0.39 is 0 Å². The SMILES string of the molecule is CCOC(=O)c1ccc(N)c(NC2CCC(C)C2C)c1. The molecule has 0 bridgehead atoms. The van der Waals surface area contributed by atoms with Crippen molar-refractivity contribution in [2.75, 3.05) is 17.7 Å². The number of anilines is 2. The highest BCUT2D eigenvalue weighted by atomic mass is 16.5. The van der Waals surface area contributed by atoms with E-state index in [0.717, 1.165) is 18.0 Å². The van der Waals surface area contributed by atoms with Gasteiger partial charge in [-0.05, 0) is 49.8 Å². The first-order chi connectivity index (χ1) is 9.52. The molecule has 1 aromatic carbocycles. The summed E-state index contributed by atoms with van der Waals surface area (Å²) >= 11 is 0. The minimum Gasteiger partial charge on any atom is -0.462 e.